The Kier molecular flexibility index (Phi) is 5.11. The summed E-state index contributed by atoms with van der Waals surface area (Å²) < 4.78 is 34.4. The number of alkyl halides is 2. The van der Waals surface area contributed by atoms with Crippen molar-refractivity contribution in [3.63, 3.8) is 0 Å². The molecule has 0 aliphatic carbocycles. The van der Waals surface area contributed by atoms with E-state index in [-0.39, 0.29) is 11.4 Å². The Labute approximate surface area is 118 Å². The third kappa shape index (κ3) is 5.87. The van der Waals surface area contributed by atoms with Crippen molar-refractivity contribution in [1.29, 1.82) is 0 Å². The third-order valence-corrected chi connectivity index (χ3v) is 2.29. The van der Waals surface area contributed by atoms with Gasteiger partial charge in [0.15, 0.2) is 5.75 Å². The molecule has 1 aromatic carbocycles. The van der Waals surface area contributed by atoms with Gasteiger partial charge in [0.2, 0.25) is 0 Å². The van der Waals surface area contributed by atoms with Crippen molar-refractivity contribution in [2.45, 2.75) is 33.0 Å². The van der Waals surface area contributed by atoms with Crippen molar-refractivity contribution in [2.24, 2.45) is 0 Å². The molecule has 0 bridgehead atoms. The smallest absolute Gasteiger partial charge is 0.412 e. The third-order valence-electron chi connectivity index (χ3n) is 1.80. The second kappa shape index (κ2) is 6.18. The Morgan fingerprint density at radius 2 is 2.00 bits per heavy atom. The Morgan fingerprint density at radius 3 is 2.53 bits per heavy atom. The predicted molar refractivity (Wildman–Crippen MR) is 70.6 cm³/mol. The van der Waals surface area contributed by atoms with Gasteiger partial charge in [-0.3, -0.25) is 5.32 Å². The van der Waals surface area contributed by atoms with Gasteiger partial charge in [-0.25, -0.2) is 4.79 Å². The van der Waals surface area contributed by atoms with Crippen LogP contribution in [-0.4, -0.2) is 18.3 Å². The fourth-order valence-electron chi connectivity index (χ4n) is 1.21. The average molecular weight is 338 g/mol. The van der Waals surface area contributed by atoms with Gasteiger partial charge in [0.05, 0.1) is 5.69 Å². The first-order valence-electron chi connectivity index (χ1n) is 5.42. The lowest BCUT2D eigenvalue weighted by atomic mass is 10.2. The molecule has 1 amide bonds. The number of amides is 1. The number of anilines is 1. The van der Waals surface area contributed by atoms with Crippen molar-refractivity contribution in [2.75, 3.05) is 5.32 Å². The molecule has 0 heterocycles. The van der Waals surface area contributed by atoms with Crippen molar-refractivity contribution < 1.29 is 23.0 Å². The van der Waals surface area contributed by atoms with Gasteiger partial charge in [0.1, 0.15) is 5.60 Å². The summed E-state index contributed by atoms with van der Waals surface area (Å²) in [6, 6.07) is 4.36. The summed E-state index contributed by atoms with van der Waals surface area (Å²) in [5.74, 6) is -0.143. The summed E-state index contributed by atoms with van der Waals surface area (Å²) in [6.45, 7) is 2.12. The van der Waals surface area contributed by atoms with E-state index >= 15 is 0 Å². The number of carbonyl (C=O) groups excluding carboxylic acids is 1. The highest BCUT2D eigenvalue weighted by molar-refractivity contribution is 9.10. The predicted octanol–water partition coefficient (Wildman–Crippen LogP) is 4.40. The Bertz CT molecular complexity index is 461. The molecule has 1 N–H and O–H groups in total. The van der Waals surface area contributed by atoms with Gasteiger partial charge in [0, 0.05) is 4.47 Å². The molecule has 0 aromatic heterocycles. The molecule has 0 radical (unpaired) electrons. The van der Waals surface area contributed by atoms with Crippen LogP contribution in [0.2, 0.25) is 0 Å². The number of hydrogen-bond acceptors (Lipinski definition) is 3. The SMILES string of the molecule is CC(C)(C)OC(=O)Nc1ccc(Br)cc1OC(F)F. The van der Waals surface area contributed by atoms with E-state index in [1.807, 2.05) is 0 Å². The number of rotatable bonds is 3. The minimum atomic E-state index is -2.98. The van der Waals surface area contributed by atoms with E-state index in [0.717, 1.165) is 0 Å². The minimum Gasteiger partial charge on any atom is -0.444 e. The summed E-state index contributed by atoms with van der Waals surface area (Å²) >= 11 is 3.13. The first kappa shape index (κ1) is 15.7. The lowest BCUT2D eigenvalue weighted by Gasteiger charge is -2.20. The van der Waals surface area contributed by atoms with Crippen LogP contribution >= 0.6 is 15.9 Å². The Morgan fingerprint density at radius 1 is 1.37 bits per heavy atom. The van der Waals surface area contributed by atoms with Crippen LogP contribution < -0.4 is 10.1 Å². The molecule has 0 spiro atoms. The van der Waals surface area contributed by atoms with Crippen LogP contribution in [0.1, 0.15) is 20.8 Å². The van der Waals surface area contributed by atoms with E-state index in [1.165, 1.54) is 12.1 Å². The summed E-state index contributed by atoms with van der Waals surface area (Å²) in [5.41, 5.74) is -0.568. The highest BCUT2D eigenvalue weighted by atomic mass is 79.9. The van der Waals surface area contributed by atoms with Crippen LogP contribution in [0.3, 0.4) is 0 Å². The Hall–Kier alpha value is -1.37. The topological polar surface area (TPSA) is 47.6 Å². The van der Waals surface area contributed by atoms with E-state index in [0.29, 0.717) is 4.47 Å². The maximum absolute atomic E-state index is 12.3. The lowest BCUT2D eigenvalue weighted by Crippen LogP contribution is -2.27. The zero-order valence-electron chi connectivity index (χ0n) is 10.7. The van der Waals surface area contributed by atoms with Gasteiger partial charge >= 0.3 is 12.7 Å². The van der Waals surface area contributed by atoms with Crippen LogP contribution in [-0.2, 0) is 4.74 Å². The lowest BCUT2D eigenvalue weighted by molar-refractivity contribution is -0.0494. The standard InChI is InChI=1S/C12H14BrF2NO3/c1-12(2,3)19-11(17)16-8-5-4-7(13)6-9(8)18-10(14)15/h4-6,10H,1-3H3,(H,16,17). The Balaban J connectivity index is 2.85. The van der Waals surface area contributed by atoms with Crippen LogP contribution in [0.4, 0.5) is 19.3 Å². The van der Waals surface area contributed by atoms with Gasteiger partial charge in [-0.15, -0.1) is 0 Å². The normalized spacial score (nSPS) is 11.3. The second-order valence-electron chi connectivity index (χ2n) is 4.65. The minimum absolute atomic E-state index is 0.109. The maximum atomic E-state index is 12.3. The average Bonchev–Trinajstić information content (AvgIpc) is 2.18. The number of benzene rings is 1. The molecule has 0 unspecified atom stereocenters. The highest BCUT2D eigenvalue weighted by Gasteiger charge is 2.18. The summed E-state index contributed by atoms with van der Waals surface area (Å²) in [7, 11) is 0. The van der Waals surface area contributed by atoms with Gasteiger partial charge < -0.3 is 9.47 Å². The van der Waals surface area contributed by atoms with Crippen LogP contribution in [0.25, 0.3) is 0 Å². The number of ether oxygens (including phenoxy) is 2. The van der Waals surface area contributed by atoms with Crippen molar-refractivity contribution in [1.82, 2.24) is 0 Å². The molecule has 1 aromatic rings. The fourth-order valence-corrected chi connectivity index (χ4v) is 1.55. The summed E-state index contributed by atoms with van der Waals surface area (Å²) in [4.78, 5) is 11.6. The molecule has 0 saturated heterocycles. The van der Waals surface area contributed by atoms with Gasteiger partial charge in [-0.2, -0.15) is 8.78 Å². The fraction of sp³-hybridized carbons (Fsp3) is 0.417. The number of halogens is 3. The van der Waals surface area contributed by atoms with E-state index in [2.05, 4.69) is 26.0 Å². The van der Waals surface area contributed by atoms with Gasteiger partial charge in [0.25, 0.3) is 0 Å². The van der Waals surface area contributed by atoms with E-state index in [9.17, 15) is 13.6 Å². The molecule has 106 valence electrons. The summed E-state index contributed by atoms with van der Waals surface area (Å²) in [6.07, 6.45) is -0.742. The number of hydrogen-bond donors (Lipinski definition) is 1. The zero-order valence-corrected chi connectivity index (χ0v) is 12.3. The first-order chi connectivity index (χ1) is 8.67. The number of carbonyl (C=O) groups is 1. The molecular weight excluding hydrogens is 324 g/mol. The van der Waals surface area contributed by atoms with Crippen LogP contribution in [0, 0.1) is 0 Å². The van der Waals surface area contributed by atoms with Crippen molar-refractivity contribution in [3.05, 3.63) is 22.7 Å². The monoisotopic (exact) mass is 337 g/mol. The second-order valence-corrected chi connectivity index (χ2v) is 5.56. The summed E-state index contributed by atoms with van der Waals surface area (Å²) in [5, 5.41) is 2.36. The highest BCUT2D eigenvalue weighted by Crippen LogP contribution is 2.30. The molecule has 1 rings (SSSR count). The molecule has 0 aliphatic heterocycles. The molecule has 19 heavy (non-hydrogen) atoms. The molecule has 0 saturated carbocycles. The molecule has 0 aliphatic rings. The maximum Gasteiger partial charge on any atom is 0.412 e. The molecular formula is C12H14BrF2NO3. The molecule has 4 nitrogen and oxygen atoms in total. The molecule has 0 atom stereocenters. The van der Waals surface area contributed by atoms with Crippen molar-refractivity contribution >= 4 is 27.7 Å². The quantitative estimate of drug-likeness (QED) is 0.889. The molecule has 0 fully saturated rings. The van der Waals surface area contributed by atoms with E-state index < -0.39 is 18.3 Å². The van der Waals surface area contributed by atoms with Gasteiger partial charge in [-0.05, 0) is 39.0 Å². The number of nitrogens with one attached hydrogen (secondary N) is 1. The van der Waals surface area contributed by atoms with E-state index in [1.54, 1.807) is 26.8 Å². The largest absolute Gasteiger partial charge is 0.444 e. The van der Waals surface area contributed by atoms with Gasteiger partial charge in [-0.1, -0.05) is 15.9 Å². The first-order valence-corrected chi connectivity index (χ1v) is 6.21. The van der Waals surface area contributed by atoms with E-state index in [4.69, 9.17) is 4.74 Å². The molecule has 7 heteroatoms. The van der Waals surface area contributed by atoms with Crippen LogP contribution in [0.5, 0.6) is 5.75 Å². The zero-order chi connectivity index (χ0) is 14.6. The van der Waals surface area contributed by atoms with Crippen molar-refractivity contribution in [3.8, 4) is 5.75 Å². The van der Waals surface area contributed by atoms with Crippen LogP contribution in [0.15, 0.2) is 22.7 Å².